The molecule has 0 heterocycles. The van der Waals surface area contributed by atoms with E-state index in [-0.39, 0.29) is 18.2 Å². The summed E-state index contributed by atoms with van der Waals surface area (Å²) >= 11 is 0. The molecule has 0 saturated heterocycles. The zero-order valence-electron chi connectivity index (χ0n) is 13.1. The summed E-state index contributed by atoms with van der Waals surface area (Å²) in [5.41, 5.74) is -0.460. The van der Waals surface area contributed by atoms with E-state index in [1.807, 2.05) is 51.1 Å². The third-order valence-corrected chi connectivity index (χ3v) is 3.39. The fourth-order valence-corrected chi connectivity index (χ4v) is 2.55. The van der Waals surface area contributed by atoms with Crippen LogP contribution in [0.3, 0.4) is 0 Å². The Hall–Kier alpha value is -1.71. The second-order valence-electron chi connectivity index (χ2n) is 6.56. The zero-order valence-corrected chi connectivity index (χ0v) is 13.1. The predicted molar refractivity (Wildman–Crippen MR) is 82.5 cm³/mol. The lowest BCUT2D eigenvalue weighted by Crippen LogP contribution is -2.43. The highest BCUT2D eigenvalue weighted by atomic mass is 16.6. The Kier molecular flexibility index (Phi) is 5.10. The zero-order chi connectivity index (χ0) is 15.3. The summed E-state index contributed by atoms with van der Waals surface area (Å²) < 4.78 is 11.3. The molecule has 4 nitrogen and oxygen atoms in total. The molecule has 1 aliphatic carbocycles. The highest BCUT2D eigenvalue weighted by molar-refractivity contribution is 5.68. The molecule has 0 bridgehead atoms. The first-order valence-electron chi connectivity index (χ1n) is 7.63. The Labute approximate surface area is 126 Å². The van der Waals surface area contributed by atoms with E-state index in [0.717, 1.165) is 31.4 Å². The number of amides is 1. The van der Waals surface area contributed by atoms with E-state index >= 15 is 0 Å². The molecule has 1 saturated carbocycles. The molecule has 0 unspecified atom stereocenters. The van der Waals surface area contributed by atoms with Gasteiger partial charge in [-0.05, 0) is 52.2 Å². The van der Waals surface area contributed by atoms with E-state index < -0.39 is 5.60 Å². The van der Waals surface area contributed by atoms with E-state index in [2.05, 4.69) is 5.32 Å². The maximum absolute atomic E-state index is 11.8. The van der Waals surface area contributed by atoms with Gasteiger partial charge in [0.05, 0.1) is 0 Å². The van der Waals surface area contributed by atoms with Gasteiger partial charge in [-0.3, -0.25) is 0 Å². The first-order valence-corrected chi connectivity index (χ1v) is 7.63. The lowest BCUT2D eigenvalue weighted by atomic mass is 9.93. The Bertz CT molecular complexity index is 453. The van der Waals surface area contributed by atoms with Crippen LogP contribution < -0.4 is 10.1 Å². The van der Waals surface area contributed by atoms with E-state index in [0.29, 0.717) is 0 Å². The van der Waals surface area contributed by atoms with Crippen molar-refractivity contribution in [1.82, 2.24) is 5.32 Å². The topological polar surface area (TPSA) is 47.6 Å². The van der Waals surface area contributed by atoms with Crippen molar-refractivity contribution in [2.45, 2.75) is 64.2 Å². The molecule has 1 aromatic carbocycles. The number of alkyl carbamates (subject to hydrolysis) is 1. The molecule has 2 rings (SSSR count). The molecule has 0 spiro atoms. The number of hydrogen-bond donors (Lipinski definition) is 1. The van der Waals surface area contributed by atoms with Gasteiger partial charge < -0.3 is 14.8 Å². The second-order valence-corrected chi connectivity index (χ2v) is 6.56. The quantitative estimate of drug-likeness (QED) is 0.918. The second kappa shape index (κ2) is 6.83. The molecule has 2 atom stereocenters. The van der Waals surface area contributed by atoms with Gasteiger partial charge in [0.1, 0.15) is 17.5 Å². The summed E-state index contributed by atoms with van der Waals surface area (Å²) in [6.45, 7) is 5.61. The smallest absolute Gasteiger partial charge is 0.407 e. The predicted octanol–water partition coefficient (Wildman–Crippen LogP) is 3.90. The Morgan fingerprint density at radius 3 is 2.57 bits per heavy atom. The minimum atomic E-state index is -0.460. The van der Waals surface area contributed by atoms with Gasteiger partial charge >= 0.3 is 6.09 Å². The SMILES string of the molecule is CC(C)(C)OC(=O)N[C@@H]1CCC[C@H](Oc2ccccc2)C1. The highest BCUT2D eigenvalue weighted by Gasteiger charge is 2.26. The molecule has 116 valence electrons. The Morgan fingerprint density at radius 2 is 1.90 bits per heavy atom. The highest BCUT2D eigenvalue weighted by Crippen LogP contribution is 2.24. The van der Waals surface area contributed by atoms with Crippen LogP contribution in [-0.2, 0) is 4.74 Å². The van der Waals surface area contributed by atoms with E-state index in [1.165, 1.54) is 0 Å². The fraction of sp³-hybridized carbons (Fsp3) is 0.588. The van der Waals surface area contributed by atoms with Crippen LogP contribution in [0, 0.1) is 0 Å². The Morgan fingerprint density at radius 1 is 1.19 bits per heavy atom. The van der Waals surface area contributed by atoms with Gasteiger partial charge in [0, 0.05) is 12.5 Å². The summed E-state index contributed by atoms with van der Waals surface area (Å²) in [6, 6.07) is 9.96. The minimum absolute atomic E-state index is 0.127. The van der Waals surface area contributed by atoms with Crippen molar-refractivity contribution in [2.75, 3.05) is 0 Å². The molecule has 1 aliphatic rings. The average Bonchev–Trinajstić information content (AvgIpc) is 2.38. The van der Waals surface area contributed by atoms with Gasteiger partial charge in [0.2, 0.25) is 0 Å². The first-order chi connectivity index (χ1) is 9.92. The summed E-state index contributed by atoms with van der Waals surface area (Å²) in [7, 11) is 0. The van der Waals surface area contributed by atoms with Crippen molar-refractivity contribution in [3.63, 3.8) is 0 Å². The summed E-state index contributed by atoms with van der Waals surface area (Å²) in [5, 5.41) is 2.95. The number of nitrogens with one attached hydrogen (secondary N) is 1. The normalized spacial score (nSPS) is 22.4. The fourth-order valence-electron chi connectivity index (χ4n) is 2.55. The Balaban J connectivity index is 1.82. The van der Waals surface area contributed by atoms with E-state index in [1.54, 1.807) is 0 Å². The van der Waals surface area contributed by atoms with Crippen molar-refractivity contribution in [1.29, 1.82) is 0 Å². The first kappa shape index (κ1) is 15.7. The molecular weight excluding hydrogens is 266 g/mol. The maximum atomic E-state index is 11.8. The molecule has 1 amide bonds. The third-order valence-electron chi connectivity index (χ3n) is 3.39. The van der Waals surface area contributed by atoms with Crippen LogP contribution in [0.1, 0.15) is 46.5 Å². The number of hydrogen-bond acceptors (Lipinski definition) is 3. The third kappa shape index (κ3) is 5.66. The minimum Gasteiger partial charge on any atom is -0.490 e. The molecule has 0 aliphatic heterocycles. The number of ether oxygens (including phenoxy) is 2. The van der Waals surface area contributed by atoms with Crippen molar-refractivity contribution in [3.05, 3.63) is 30.3 Å². The standard InChI is InChI=1S/C17H25NO3/c1-17(2,3)21-16(19)18-13-8-7-11-15(12-13)20-14-9-5-4-6-10-14/h4-6,9-10,13,15H,7-8,11-12H2,1-3H3,(H,18,19)/t13-,15+/m1/s1. The summed E-state index contributed by atoms with van der Waals surface area (Å²) in [5.74, 6) is 0.889. The molecule has 21 heavy (non-hydrogen) atoms. The van der Waals surface area contributed by atoms with Crippen LogP contribution in [0.4, 0.5) is 4.79 Å². The lowest BCUT2D eigenvalue weighted by molar-refractivity contribution is 0.0463. The van der Waals surface area contributed by atoms with Gasteiger partial charge in [-0.2, -0.15) is 0 Å². The van der Waals surface area contributed by atoms with Gasteiger partial charge in [-0.1, -0.05) is 18.2 Å². The maximum Gasteiger partial charge on any atom is 0.407 e. The summed E-state index contributed by atoms with van der Waals surface area (Å²) in [6.07, 6.45) is 3.70. The largest absolute Gasteiger partial charge is 0.490 e. The van der Waals surface area contributed by atoms with Crippen LogP contribution in [0.25, 0.3) is 0 Å². The van der Waals surface area contributed by atoms with Crippen molar-refractivity contribution in [2.24, 2.45) is 0 Å². The van der Waals surface area contributed by atoms with Crippen molar-refractivity contribution < 1.29 is 14.3 Å². The molecule has 0 aromatic heterocycles. The number of rotatable bonds is 3. The van der Waals surface area contributed by atoms with Crippen molar-refractivity contribution >= 4 is 6.09 Å². The van der Waals surface area contributed by atoms with Gasteiger partial charge in [-0.15, -0.1) is 0 Å². The molecule has 4 heteroatoms. The number of para-hydroxylation sites is 1. The molecule has 1 aromatic rings. The van der Waals surface area contributed by atoms with Gasteiger partial charge in [0.25, 0.3) is 0 Å². The summed E-state index contributed by atoms with van der Waals surface area (Å²) in [4.78, 5) is 11.8. The monoisotopic (exact) mass is 291 g/mol. The van der Waals surface area contributed by atoms with Crippen LogP contribution in [-0.4, -0.2) is 23.8 Å². The number of carbonyl (C=O) groups is 1. The molecule has 0 radical (unpaired) electrons. The number of benzene rings is 1. The van der Waals surface area contributed by atoms with Gasteiger partial charge in [-0.25, -0.2) is 4.79 Å². The lowest BCUT2D eigenvalue weighted by Gasteiger charge is -2.31. The van der Waals surface area contributed by atoms with Crippen LogP contribution in [0.2, 0.25) is 0 Å². The number of carbonyl (C=O) groups excluding carboxylic acids is 1. The average molecular weight is 291 g/mol. The molecular formula is C17H25NO3. The van der Waals surface area contributed by atoms with Crippen LogP contribution >= 0.6 is 0 Å². The van der Waals surface area contributed by atoms with Crippen molar-refractivity contribution in [3.8, 4) is 5.75 Å². The molecule has 1 N–H and O–H groups in total. The van der Waals surface area contributed by atoms with E-state index in [4.69, 9.17) is 9.47 Å². The van der Waals surface area contributed by atoms with E-state index in [9.17, 15) is 4.79 Å². The van der Waals surface area contributed by atoms with Crippen LogP contribution in [0.15, 0.2) is 30.3 Å². The van der Waals surface area contributed by atoms with Crippen LogP contribution in [0.5, 0.6) is 5.75 Å². The van der Waals surface area contributed by atoms with Gasteiger partial charge in [0.15, 0.2) is 0 Å². The molecule has 1 fully saturated rings.